The Bertz CT molecular complexity index is 1230. The number of carbonyl (C=O) groups is 1. The zero-order chi connectivity index (χ0) is 25.2. The van der Waals surface area contributed by atoms with E-state index in [2.05, 4.69) is 10.5 Å². The molecule has 1 amide bonds. The van der Waals surface area contributed by atoms with E-state index in [0.29, 0.717) is 45.1 Å². The SMILES string of the molecule is Cc1cc(Nn2c[n+](-c3cc(F)cc(F)c3)cn2)c(F)c(N2CCN(C(=O)C3CCOCC3)CC2)c1. The minimum Gasteiger partial charge on any atom is -0.381 e. The molecule has 2 aliphatic heterocycles. The molecule has 2 fully saturated rings. The first kappa shape index (κ1) is 24.1. The zero-order valence-electron chi connectivity index (χ0n) is 20.0. The van der Waals surface area contributed by atoms with E-state index >= 15 is 4.39 Å². The molecule has 1 aromatic heterocycles. The number of hydrogen-bond acceptors (Lipinski definition) is 5. The fourth-order valence-electron chi connectivity index (χ4n) is 4.72. The van der Waals surface area contributed by atoms with Crippen LogP contribution >= 0.6 is 0 Å². The maximum atomic E-state index is 15.6. The molecule has 0 atom stereocenters. The summed E-state index contributed by atoms with van der Waals surface area (Å²) in [5.74, 6) is -1.68. The first-order valence-electron chi connectivity index (χ1n) is 12.0. The number of benzene rings is 2. The van der Waals surface area contributed by atoms with Gasteiger partial charge in [0, 0.05) is 63.5 Å². The quantitative estimate of drug-likeness (QED) is 0.545. The molecule has 0 aliphatic carbocycles. The second kappa shape index (κ2) is 10.2. The lowest BCUT2D eigenvalue weighted by atomic mass is 9.98. The molecule has 0 spiro atoms. The minimum atomic E-state index is -0.706. The number of carbonyl (C=O) groups excluding carboxylic acids is 1. The van der Waals surface area contributed by atoms with Crippen molar-refractivity contribution in [3.8, 4) is 5.69 Å². The highest BCUT2D eigenvalue weighted by molar-refractivity contribution is 5.79. The molecule has 5 rings (SSSR count). The molecule has 2 aliphatic rings. The number of piperazine rings is 1. The summed E-state index contributed by atoms with van der Waals surface area (Å²) in [5.41, 5.74) is 4.66. The van der Waals surface area contributed by atoms with Crippen molar-refractivity contribution in [1.29, 1.82) is 0 Å². The minimum absolute atomic E-state index is 0.0116. The van der Waals surface area contributed by atoms with Gasteiger partial charge >= 0.3 is 0 Å². The summed E-state index contributed by atoms with van der Waals surface area (Å²) < 4.78 is 49.5. The number of halogens is 3. The molecule has 190 valence electrons. The van der Waals surface area contributed by atoms with Crippen LogP contribution in [-0.2, 0) is 9.53 Å². The van der Waals surface area contributed by atoms with Crippen LogP contribution < -0.4 is 14.9 Å². The molecule has 36 heavy (non-hydrogen) atoms. The van der Waals surface area contributed by atoms with E-state index in [1.165, 1.54) is 34.1 Å². The van der Waals surface area contributed by atoms with Crippen LogP contribution in [0, 0.1) is 30.3 Å². The Kier molecular flexibility index (Phi) is 6.82. The van der Waals surface area contributed by atoms with Crippen LogP contribution in [0.3, 0.4) is 0 Å². The summed E-state index contributed by atoms with van der Waals surface area (Å²) in [4.78, 5) is 17.9. The van der Waals surface area contributed by atoms with E-state index in [1.54, 1.807) is 12.1 Å². The van der Waals surface area contributed by atoms with E-state index in [1.807, 2.05) is 16.7 Å². The Morgan fingerprint density at radius 2 is 1.72 bits per heavy atom. The largest absolute Gasteiger partial charge is 0.381 e. The molecule has 0 bridgehead atoms. The Hall–Kier alpha value is -3.60. The monoisotopic (exact) mass is 501 g/mol. The number of hydrogen-bond donors (Lipinski definition) is 1. The van der Waals surface area contributed by atoms with E-state index in [-0.39, 0.29) is 23.2 Å². The number of nitrogens with zero attached hydrogens (tertiary/aromatic N) is 5. The highest BCUT2D eigenvalue weighted by atomic mass is 19.1. The molecule has 8 nitrogen and oxygen atoms in total. The van der Waals surface area contributed by atoms with Gasteiger partial charge in [-0.2, -0.15) is 0 Å². The molecule has 11 heteroatoms. The predicted molar refractivity (Wildman–Crippen MR) is 126 cm³/mol. The lowest BCUT2D eigenvalue weighted by Gasteiger charge is -2.38. The predicted octanol–water partition coefficient (Wildman–Crippen LogP) is 2.84. The van der Waals surface area contributed by atoms with Gasteiger partial charge in [0.1, 0.15) is 23.0 Å². The Morgan fingerprint density at radius 3 is 2.42 bits per heavy atom. The van der Waals surface area contributed by atoms with Gasteiger partial charge < -0.3 is 14.5 Å². The van der Waals surface area contributed by atoms with Crippen molar-refractivity contribution < 1.29 is 27.3 Å². The van der Waals surface area contributed by atoms with E-state index in [4.69, 9.17) is 4.74 Å². The third kappa shape index (κ3) is 5.15. The van der Waals surface area contributed by atoms with Crippen molar-refractivity contribution in [2.45, 2.75) is 19.8 Å². The van der Waals surface area contributed by atoms with Gasteiger partial charge in [0.2, 0.25) is 5.91 Å². The Morgan fingerprint density at radius 1 is 1.03 bits per heavy atom. The summed E-state index contributed by atoms with van der Waals surface area (Å²) in [6.07, 6.45) is 4.32. The van der Waals surface area contributed by atoms with Gasteiger partial charge in [-0.15, -0.1) is 0 Å². The van der Waals surface area contributed by atoms with Gasteiger partial charge in [0.15, 0.2) is 5.82 Å². The van der Waals surface area contributed by atoms with Crippen molar-refractivity contribution in [1.82, 2.24) is 14.8 Å². The van der Waals surface area contributed by atoms with Gasteiger partial charge in [-0.1, -0.05) is 0 Å². The van der Waals surface area contributed by atoms with Gasteiger partial charge in [-0.25, -0.2) is 23.2 Å². The molecule has 3 heterocycles. The van der Waals surface area contributed by atoms with E-state index < -0.39 is 17.5 Å². The Balaban J connectivity index is 1.28. The van der Waals surface area contributed by atoms with Crippen molar-refractivity contribution >= 4 is 17.3 Å². The van der Waals surface area contributed by atoms with E-state index in [9.17, 15) is 13.6 Å². The third-order valence-electron chi connectivity index (χ3n) is 6.62. The Labute approximate surface area is 206 Å². The summed E-state index contributed by atoms with van der Waals surface area (Å²) >= 11 is 0. The van der Waals surface area contributed by atoms with E-state index in [0.717, 1.165) is 24.5 Å². The summed E-state index contributed by atoms with van der Waals surface area (Å²) in [6, 6.07) is 6.59. The van der Waals surface area contributed by atoms with Crippen molar-refractivity contribution in [3.63, 3.8) is 0 Å². The van der Waals surface area contributed by atoms with Crippen LogP contribution in [0.15, 0.2) is 43.0 Å². The molecule has 3 aromatic rings. The maximum absolute atomic E-state index is 15.6. The van der Waals surface area contributed by atoms with Crippen molar-refractivity contribution in [2.24, 2.45) is 5.92 Å². The molecular weight excluding hydrogens is 473 g/mol. The number of nitrogens with one attached hydrogen (secondary N) is 1. The maximum Gasteiger partial charge on any atom is 0.272 e. The number of rotatable bonds is 5. The van der Waals surface area contributed by atoms with Crippen molar-refractivity contribution in [2.75, 3.05) is 49.7 Å². The molecule has 0 unspecified atom stereocenters. The molecule has 2 aromatic carbocycles. The standard InChI is InChI=1S/C25H28F3N6O2/c1-17-10-22(30-34-16-33(15-29-34)21-13-19(26)12-20(27)14-21)24(28)23(11-17)31-4-6-32(7-5-31)25(35)18-2-8-36-9-3-18/h10-16,18,30H,2-9H2,1H3/q+1. The smallest absolute Gasteiger partial charge is 0.272 e. The average Bonchev–Trinajstić information content (AvgIpc) is 3.34. The normalized spacial score (nSPS) is 16.9. The van der Waals surface area contributed by atoms with Crippen LogP contribution in [-0.4, -0.2) is 60.1 Å². The molecule has 0 radical (unpaired) electrons. The van der Waals surface area contributed by atoms with Crippen LogP contribution in [0.4, 0.5) is 24.5 Å². The summed E-state index contributed by atoms with van der Waals surface area (Å²) in [6.45, 7) is 5.25. The molecule has 0 saturated carbocycles. The number of anilines is 2. The first-order chi connectivity index (χ1) is 17.4. The fraction of sp³-hybridized carbons (Fsp3) is 0.400. The topological polar surface area (TPSA) is 66.5 Å². The summed E-state index contributed by atoms with van der Waals surface area (Å²) in [7, 11) is 0. The van der Waals surface area contributed by atoms with Crippen LogP contribution in [0.25, 0.3) is 5.69 Å². The van der Waals surface area contributed by atoms with Gasteiger partial charge in [-0.05, 0) is 42.3 Å². The first-order valence-corrected chi connectivity index (χ1v) is 12.0. The highest BCUT2D eigenvalue weighted by Gasteiger charge is 2.30. The highest BCUT2D eigenvalue weighted by Crippen LogP contribution is 2.29. The lowest BCUT2D eigenvalue weighted by molar-refractivity contribution is -0.596. The second-order valence-corrected chi connectivity index (χ2v) is 9.18. The third-order valence-corrected chi connectivity index (χ3v) is 6.62. The second-order valence-electron chi connectivity index (χ2n) is 9.18. The number of aryl methyl sites for hydroxylation is 1. The number of ether oxygens (including phenoxy) is 1. The zero-order valence-corrected chi connectivity index (χ0v) is 20.0. The average molecular weight is 502 g/mol. The van der Waals surface area contributed by atoms with Gasteiger partial charge in [0.25, 0.3) is 12.7 Å². The number of amides is 1. The molecule has 1 N–H and O–H groups in total. The number of aromatic nitrogens is 3. The lowest BCUT2D eigenvalue weighted by Crippen LogP contribution is -2.51. The van der Waals surface area contributed by atoms with Gasteiger partial charge in [-0.3, -0.25) is 4.79 Å². The van der Waals surface area contributed by atoms with Crippen LogP contribution in [0.2, 0.25) is 0 Å². The molecule has 2 saturated heterocycles. The van der Waals surface area contributed by atoms with Crippen molar-refractivity contribution in [3.05, 3.63) is 66.0 Å². The summed E-state index contributed by atoms with van der Waals surface area (Å²) in [5, 5.41) is 4.12. The van der Waals surface area contributed by atoms with Crippen LogP contribution in [0.5, 0.6) is 0 Å². The molecular formula is C25H28F3N6O2+. The van der Waals surface area contributed by atoms with Crippen LogP contribution in [0.1, 0.15) is 18.4 Å². The van der Waals surface area contributed by atoms with Gasteiger partial charge in [0.05, 0.1) is 10.8 Å². The fourth-order valence-corrected chi connectivity index (χ4v) is 4.72.